The summed E-state index contributed by atoms with van der Waals surface area (Å²) in [7, 11) is 0. The molecule has 0 radical (unpaired) electrons. The number of aromatic hydroxyl groups is 1. The summed E-state index contributed by atoms with van der Waals surface area (Å²) in [6.45, 7) is 4.92. The molecule has 0 bridgehead atoms. The van der Waals surface area contributed by atoms with Crippen molar-refractivity contribution in [1.29, 1.82) is 0 Å². The fraction of sp³-hybridized carbons (Fsp3) is 0.524. The minimum atomic E-state index is -4.51. The molecule has 158 valence electrons. The Kier molecular flexibility index (Phi) is 6.74. The molecular weight excluding hydrogens is 383 g/mol. The number of piperidine rings is 1. The number of likely N-dealkylation sites (tertiary alicyclic amines) is 1. The van der Waals surface area contributed by atoms with Gasteiger partial charge in [-0.2, -0.15) is 18.3 Å². The normalized spacial score (nSPS) is 18.2. The third-order valence-electron chi connectivity index (χ3n) is 5.35. The highest BCUT2D eigenvalue weighted by atomic mass is 19.4. The number of nitrogens with zero attached hydrogens (tertiary/aromatic N) is 3. The van der Waals surface area contributed by atoms with Crippen molar-refractivity contribution >= 4 is 0 Å². The molecule has 3 rings (SSSR count). The van der Waals surface area contributed by atoms with Gasteiger partial charge in [-0.05, 0) is 74.9 Å². The summed E-state index contributed by atoms with van der Waals surface area (Å²) in [6, 6.07) is 4.78. The Labute approximate surface area is 168 Å². The molecule has 1 fully saturated rings. The first-order valence-electron chi connectivity index (χ1n) is 9.85. The van der Waals surface area contributed by atoms with Crippen LogP contribution in [0.2, 0.25) is 0 Å². The van der Waals surface area contributed by atoms with E-state index in [9.17, 15) is 18.3 Å². The Morgan fingerprint density at radius 3 is 2.66 bits per heavy atom. The van der Waals surface area contributed by atoms with Crippen molar-refractivity contribution in [3.63, 3.8) is 0 Å². The molecule has 2 aromatic rings. The van der Waals surface area contributed by atoms with Gasteiger partial charge in [0.05, 0.1) is 17.0 Å². The van der Waals surface area contributed by atoms with E-state index >= 15 is 0 Å². The van der Waals surface area contributed by atoms with E-state index in [0.717, 1.165) is 62.6 Å². The molecule has 1 aromatic heterocycles. The van der Waals surface area contributed by atoms with Crippen molar-refractivity contribution in [3.05, 3.63) is 41.1 Å². The number of aliphatic hydroxyl groups is 1. The smallest absolute Gasteiger partial charge is 0.416 e. The van der Waals surface area contributed by atoms with Gasteiger partial charge in [-0.15, -0.1) is 5.10 Å². The van der Waals surface area contributed by atoms with Crippen LogP contribution in [0.4, 0.5) is 13.2 Å². The van der Waals surface area contributed by atoms with Gasteiger partial charge in [-0.3, -0.25) is 0 Å². The number of phenolic OH excluding ortho intramolecular Hbond substituents is 1. The molecule has 2 N–H and O–H groups in total. The molecule has 0 unspecified atom stereocenters. The highest BCUT2D eigenvalue weighted by molar-refractivity contribution is 5.69. The molecule has 0 saturated carbocycles. The Hall–Kier alpha value is -2.19. The van der Waals surface area contributed by atoms with E-state index in [0.29, 0.717) is 17.7 Å². The topological polar surface area (TPSA) is 69.5 Å². The number of rotatable bonds is 6. The van der Waals surface area contributed by atoms with E-state index in [1.165, 1.54) is 6.07 Å². The minimum absolute atomic E-state index is 0.199. The van der Waals surface area contributed by atoms with E-state index in [1.54, 1.807) is 0 Å². The SMILES string of the molecule is Cc1cc(C[C@@H]2CCCN(CCCO)C2)nnc1-c1ccc(C(F)(F)F)cc1O. The highest BCUT2D eigenvalue weighted by Crippen LogP contribution is 2.36. The lowest BCUT2D eigenvalue weighted by Crippen LogP contribution is -2.37. The number of hydrogen-bond donors (Lipinski definition) is 2. The van der Waals surface area contributed by atoms with Gasteiger partial charge >= 0.3 is 6.18 Å². The van der Waals surface area contributed by atoms with Gasteiger partial charge in [0, 0.05) is 25.3 Å². The lowest BCUT2D eigenvalue weighted by Gasteiger charge is -2.32. The molecule has 1 aliphatic rings. The van der Waals surface area contributed by atoms with Gasteiger partial charge in [0.1, 0.15) is 5.75 Å². The second-order valence-corrected chi connectivity index (χ2v) is 7.69. The van der Waals surface area contributed by atoms with Crippen molar-refractivity contribution in [3.8, 4) is 17.0 Å². The Morgan fingerprint density at radius 2 is 2.00 bits per heavy atom. The Balaban J connectivity index is 1.72. The third-order valence-corrected chi connectivity index (χ3v) is 5.35. The highest BCUT2D eigenvalue weighted by Gasteiger charge is 2.31. The van der Waals surface area contributed by atoms with Gasteiger partial charge in [0.2, 0.25) is 0 Å². The fourth-order valence-electron chi connectivity index (χ4n) is 3.93. The minimum Gasteiger partial charge on any atom is -0.507 e. The summed E-state index contributed by atoms with van der Waals surface area (Å²) in [5.74, 6) is -0.00162. The molecule has 0 aliphatic carbocycles. The van der Waals surface area contributed by atoms with Crippen LogP contribution in [0.5, 0.6) is 5.75 Å². The van der Waals surface area contributed by atoms with Crippen LogP contribution in [0.25, 0.3) is 11.3 Å². The standard InChI is InChI=1S/C21H26F3N3O2/c1-14-10-17(11-15-4-2-7-27(13-15)8-3-9-28)25-26-20(14)18-6-5-16(12-19(18)29)21(22,23)24/h5-6,10,12,15,28-29H,2-4,7-9,11,13H2,1H3/t15-/m0/s1. The van der Waals surface area contributed by atoms with Crippen LogP contribution in [-0.4, -0.2) is 51.6 Å². The van der Waals surface area contributed by atoms with Crippen LogP contribution in [0.1, 0.15) is 36.1 Å². The molecule has 29 heavy (non-hydrogen) atoms. The fourth-order valence-corrected chi connectivity index (χ4v) is 3.93. The van der Waals surface area contributed by atoms with E-state index < -0.39 is 17.5 Å². The van der Waals surface area contributed by atoms with Gasteiger partial charge in [0.25, 0.3) is 0 Å². The first-order chi connectivity index (χ1) is 13.8. The van der Waals surface area contributed by atoms with Crippen molar-refractivity contribution in [2.75, 3.05) is 26.2 Å². The van der Waals surface area contributed by atoms with Gasteiger partial charge in [-0.1, -0.05) is 0 Å². The third kappa shape index (κ3) is 5.45. The van der Waals surface area contributed by atoms with Crippen molar-refractivity contribution in [1.82, 2.24) is 15.1 Å². The van der Waals surface area contributed by atoms with E-state index in [-0.39, 0.29) is 12.2 Å². The lowest BCUT2D eigenvalue weighted by molar-refractivity contribution is -0.137. The number of alkyl halides is 3. The molecule has 5 nitrogen and oxygen atoms in total. The monoisotopic (exact) mass is 409 g/mol. The molecule has 1 saturated heterocycles. The van der Waals surface area contributed by atoms with Crippen molar-refractivity contribution < 1.29 is 23.4 Å². The summed E-state index contributed by atoms with van der Waals surface area (Å²) < 4.78 is 38.4. The average Bonchev–Trinajstić information content (AvgIpc) is 2.66. The maximum Gasteiger partial charge on any atom is 0.416 e. The van der Waals surface area contributed by atoms with Crippen molar-refractivity contribution in [2.45, 2.75) is 38.8 Å². The Morgan fingerprint density at radius 1 is 1.21 bits per heavy atom. The number of hydrogen-bond acceptors (Lipinski definition) is 5. The van der Waals surface area contributed by atoms with Crippen LogP contribution in [0, 0.1) is 12.8 Å². The zero-order valence-corrected chi connectivity index (χ0v) is 16.4. The van der Waals surface area contributed by atoms with E-state index in [1.807, 2.05) is 13.0 Å². The second-order valence-electron chi connectivity index (χ2n) is 7.69. The van der Waals surface area contributed by atoms with E-state index in [2.05, 4.69) is 15.1 Å². The van der Waals surface area contributed by atoms with Crippen LogP contribution >= 0.6 is 0 Å². The van der Waals surface area contributed by atoms with Crippen molar-refractivity contribution in [2.24, 2.45) is 5.92 Å². The maximum atomic E-state index is 12.8. The number of phenols is 1. The molecule has 8 heteroatoms. The number of benzene rings is 1. The predicted octanol–water partition coefficient (Wildman–Crippen LogP) is 3.81. The predicted molar refractivity (Wildman–Crippen MR) is 103 cm³/mol. The van der Waals surface area contributed by atoms with Gasteiger partial charge in [-0.25, -0.2) is 0 Å². The number of aliphatic hydroxyl groups excluding tert-OH is 1. The molecule has 1 atom stereocenters. The number of aryl methyl sites for hydroxylation is 1. The largest absolute Gasteiger partial charge is 0.507 e. The summed E-state index contributed by atoms with van der Waals surface area (Å²) in [4.78, 5) is 2.36. The van der Waals surface area contributed by atoms with Crippen LogP contribution < -0.4 is 0 Å². The molecular formula is C21H26F3N3O2. The summed E-state index contributed by atoms with van der Waals surface area (Å²) >= 11 is 0. The first kappa shape index (κ1) is 21.5. The molecule has 2 heterocycles. The lowest BCUT2D eigenvalue weighted by atomic mass is 9.92. The molecule has 1 aromatic carbocycles. The van der Waals surface area contributed by atoms with Gasteiger partial charge in [0.15, 0.2) is 0 Å². The number of halogens is 3. The van der Waals surface area contributed by atoms with Crippen LogP contribution in [0.15, 0.2) is 24.3 Å². The quantitative estimate of drug-likeness (QED) is 0.759. The summed E-state index contributed by atoms with van der Waals surface area (Å²) in [5, 5.41) is 27.5. The molecule has 0 amide bonds. The summed E-state index contributed by atoms with van der Waals surface area (Å²) in [5.41, 5.74) is 1.32. The zero-order chi connectivity index (χ0) is 21.0. The first-order valence-corrected chi connectivity index (χ1v) is 9.85. The zero-order valence-electron chi connectivity index (χ0n) is 16.4. The Bertz CT molecular complexity index is 842. The number of aromatic nitrogens is 2. The van der Waals surface area contributed by atoms with Crippen LogP contribution in [0.3, 0.4) is 0 Å². The molecule has 1 aliphatic heterocycles. The summed E-state index contributed by atoms with van der Waals surface area (Å²) in [6.07, 6.45) is -0.733. The second kappa shape index (κ2) is 9.09. The van der Waals surface area contributed by atoms with Gasteiger partial charge < -0.3 is 15.1 Å². The average molecular weight is 409 g/mol. The molecule has 0 spiro atoms. The maximum absolute atomic E-state index is 12.8. The van der Waals surface area contributed by atoms with Crippen LogP contribution in [-0.2, 0) is 12.6 Å². The van der Waals surface area contributed by atoms with E-state index in [4.69, 9.17) is 5.11 Å².